The van der Waals surface area contributed by atoms with Gasteiger partial charge < -0.3 is 10.6 Å². The van der Waals surface area contributed by atoms with Crippen LogP contribution in [0, 0.1) is 0 Å². The van der Waals surface area contributed by atoms with Crippen LogP contribution in [0.1, 0.15) is 5.56 Å². The van der Waals surface area contributed by atoms with Gasteiger partial charge in [-0.25, -0.2) is 0 Å². The third-order valence-electron chi connectivity index (χ3n) is 1.80. The molecule has 0 saturated heterocycles. The van der Waals surface area contributed by atoms with Crippen LogP contribution in [0.15, 0.2) is 30.3 Å². The Balaban J connectivity index is 2.69. The molecular formula is C11H14N2O. The fourth-order valence-corrected chi connectivity index (χ4v) is 0.924. The van der Waals surface area contributed by atoms with Crippen molar-refractivity contribution in [3.05, 3.63) is 35.9 Å². The van der Waals surface area contributed by atoms with E-state index in [1.54, 1.807) is 32.3 Å². The topological polar surface area (TPSA) is 46.3 Å². The van der Waals surface area contributed by atoms with Gasteiger partial charge in [0.15, 0.2) is 0 Å². The van der Waals surface area contributed by atoms with Crippen molar-refractivity contribution in [1.82, 2.24) is 4.90 Å². The number of nitrogen functional groups attached to an aromatic ring is 1. The highest BCUT2D eigenvalue weighted by molar-refractivity contribution is 5.91. The third-order valence-corrected chi connectivity index (χ3v) is 1.80. The van der Waals surface area contributed by atoms with Gasteiger partial charge in [0, 0.05) is 25.9 Å². The van der Waals surface area contributed by atoms with Gasteiger partial charge in [0.1, 0.15) is 0 Å². The first kappa shape index (κ1) is 10.3. The van der Waals surface area contributed by atoms with Crippen molar-refractivity contribution >= 4 is 17.7 Å². The van der Waals surface area contributed by atoms with Gasteiger partial charge in [-0.1, -0.05) is 12.1 Å². The number of amides is 1. The molecule has 0 fully saturated rings. The Bertz CT molecular complexity index is 339. The molecule has 0 bridgehead atoms. The van der Waals surface area contributed by atoms with E-state index in [4.69, 9.17) is 5.73 Å². The maximum absolute atomic E-state index is 11.2. The van der Waals surface area contributed by atoms with Crippen molar-refractivity contribution < 1.29 is 4.79 Å². The van der Waals surface area contributed by atoms with Crippen LogP contribution in [-0.2, 0) is 4.79 Å². The zero-order chi connectivity index (χ0) is 10.6. The lowest BCUT2D eigenvalue weighted by atomic mass is 10.2. The second kappa shape index (κ2) is 4.46. The highest BCUT2D eigenvalue weighted by atomic mass is 16.2. The normalized spacial score (nSPS) is 10.4. The smallest absolute Gasteiger partial charge is 0.246 e. The van der Waals surface area contributed by atoms with Crippen molar-refractivity contribution in [2.75, 3.05) is 19.8 Å². The van der Waals surface area contributed by atoms with E-state index >= 15 is 0 Å². The number of nitrogens with two attached hydrogens (primary N) is 1. The molecule has 1 aromatic rings. The van der Waals surface area contributed by atoms with Crippen molar-refractivity contribution in [1.29, 1.82) is 0 Å². The minimum absolute atomic E-state index is 0.0261. The first-order valence-electron chi connectivity index (χ1n) is 4.34. The largest absolute Gasteiger partial charge is 0.399 e. The van der Waals surface area contributed by atoms with E-state index in [-0.39, 0.29) is 5.91 Å². The van der Waals surface area contributed by atoms with Crippen LogP contribution in [0.25, 0.3) is 6.08 Å². The molecule has 1 amide bonds. The Morgan fingerprint density at radius 3 is 2.36 bits per heavy atom. The Morgan fingerprint density at radius 1 is 1.29 bits per heavy atom. The molecule has 3 nitrogen and oxygen atoms in total. The quantitative estimate of drug-likeness (QED) is 0.565. The van der Waals surface area contributed by atoms with E-state index < -0.39 is 0 Å². The van der Waals surface area contributed by atoms with Gasteiger partial charge in [-0.15, -0.1) is 0 Å². The molecule has 1 aromatic carbocycles. The predicted molar refractivity (Wildman–Crippen MR) is 58.6 cm³/mol. The van der Waals surface area contributed by atoms with Crippen LogP contribution in [-0.4, -0.2) is 24.9 Å². The molecule has 0 aliphatic carbocycles. The second-order valence-electron chi connectivity index (χ2n) is 3.23. The number of benzene rings is 1. The Hall–Kier alpha value is -1.77. The molecule has 0 aromatic heterocycles. The van der Waals surface area contributed by atoms with Crippen LogP contribution in [0.3, 0.4) is 0 Å². The summed E-state index contributed by atoms with van der Waals surface area (Å²) in [7, 11) is 3.44. The van der Waals surface area contributed by atoms with Gasteiger partial charge in [-0.2, -0.15) is 0 Å². The molecule has 0 atom stereocenters. The number of anilines is 1. The highest BCUT2D eigenvalue weighted by Crippen LogP contribution is 2.06. The number of carbonyl (C=O) groups excluding carboxylic acids is 1. The fraction of sp³-hybridized carbons (Fsp3) is 0.182. The molecule has 0 unspecified atom stereocenters. The summed E-state index contributed by atoms with van der Waals surface area (Å²) in [6.07, 6.45) is 3.30. The monoisotopic (exact) mass is 190 g/mol. The highest BCUT2D eigenvalue weighted by Gasteiger charge is 1.96. The average molecular weight is 190 g/mol. The van der Waals surface area contributed by atoms with Crippen LogP contribution >= 0.6 is 0 Å². The number of likely N-dealkylation sites (N-methyl/N-ethyl adjacent to an activating group) is 1. The standard InChI is InChI=1S/C11H14N2O/c1-13(2)11(14)8-5-9-3-6-10(12)7-4-9/h3-8H,12H2,1-2H3/b8-5+. The molecule has 2 N–H and O–H groups in total. The van der Waals surface area contributed by atoms with Gasteiger partial charge >= 0.3 is 0 Å². The number of hydrogen-bond donors (Lipinski definition) is 1. The zero-order valence-electron chi connectivity index (χ0n) is 8.40. The molecule has 14 heavy (non-hydrogen) atoms. The fourth-order valence-electron chi connectivity index (χ4n) is 0.924. The predicted octanol–water partition coefficient (Wildman–Crippen LogP) is 1.37. The van der Waals surface area contributed by atoms with E-state index in [2.05, 4.69) is 0 Å². The summed E-state index contributed by atoms with van der Waals surface area (Å²) in [5, 5.41) is 0. The maximum Gasteiger partial charge on any atom is 0.246 e. The number of rotatable bonds is 2. The third kappa shape index (κ3) is 2.94. The molecule has 74 valence electrons. The minimum atomic E-state index is -0.0261. The minimum Gasteiger partial charge on any atom is -0.399 e. The molecule has 0 spiro atoms. The van der Waals surface area contributed by atoms with Crippen molar-refractivity contribution in [3.63, 3.8) is 0 Å². The van der Waals surface area contributed by atoms with Gasteiger partial charge in [-0.3, -0.25) is 4.79 Å². The molecule has 0 aliphatic rings. The van der Waals surface area contributed by atoms with E-state index in [0.717, 1.165) is 11.3 Å². The molecule has 0 radical (unpaired) electrons. The lowest BCUT2D eigenvalue weighted by molar-refractivity contribution is -0.123. The maximum atomic E-state index is 11.2. The summed E-state index contributed by atoms with van der Waals surface area (Å²) >= 11 is 0. The van der Waals surface area contributed by atoms with Crippen LogP contribution in [0.5, 0.6) is 0 Å². The first-order valence-corrected chi connectivity index (χ1v) is 4.34. The summed E-state index contributed by atoms with van der Waals surface area (Å²) in [6, 6.07) is 7.35. The van der Waals surface area contributed by atoms with Crippen molar-refractivity contribution in [2.24, 2.45) is 0 Å². The van der Waals surface area contributed by atoms with E-state index in [0.29, 0.717) is 0 Å². The van der Waals surface area contributed by atoms with Crippen molar-refractivity contribution in [3.8, 4) is 0 Å². The molecule has 0 aliphatic heterocycles. The summed E-state index contributed by atoms with van der Waals surface area (Å²) in [5.74, 6) is -0.0261. The lowest BCUT2D eigenvalue weighted by Crippen LogP contribution is -2.18. The van der Waals surface area contributed by atoms with Gasteiger partial charge in [-0.05, 0) is 23.8 Å². The second-order valence-corrected chi connectivity index (χ2v) is 3.23. The van der Waals surface area contributed by atoms with Gasteiger partial charge in [0.05, 0.1) is 0 Å². The summed E-state index contributed by atoms with van der Waals surface area (Å²) < 4.78 is 0. The summed E-state index contributed by atoms with van der Waals surface area (Å²) in [5.41, 5.74) is 7.22. The van der Waals surface area contributed by atoms with Crippen LogP contribution in [0.4, 0.5) is 5.69 Å². The summed E-state index contributed by atoms with van der Waals surface area (Å²) in [4.78, 5) is 12.7. The van der Waals surface area contributed by atoms with E-state index in [1.165, 1.54) is 11.0 Å². The zero-order valence-corrected chi connectivity index (χ0v) is 8.40. The number of nitrogens with zero attached hydrogens (tertiary/aromatic N) is 1. The molecule has 0 saturated carbocycles. The Labute approximate surface area is 83.8 Å². The van der Waals surface area contributed by atoms with Crippen molar-refractivity contribution in [2.45, 2.75) is 0 Å². The molecular weight excluding hydrogens is 176 g/mol. The average Bonchev–Trinajstić information content (AvgIpc) is 2.16. The Kier molecular flexibility index (Phi) is 3.29. The Morgan fingerprint density at radius 2 is 1.86 bits per heavy atom. The SMILES string of the molecule is CN(C)C(=O)/C=C/c1ccc(N)cc1. The lowest BCUT2D eigenvalue weighted by Gasteiger charge is -2.04. The van der Waals surface area contributed by atoms with Gasteiger partial charge in [0.25, 0.3) is 0 Å². The van der Waals surface area contributed by atoms with E-state index in [9.17, 15) is 4.79 Å². The van der Waals surface area contributed by atoms with Gasteiger partial charge in [0.2, 0.25) is 5.91 Å². The number of carbonyl (C=O) groups is 1. The summed E-state index contributed by atoms with van der Waals surface area (Å²) in [6.45, 7) is 0. The van der Waals surface area contributed by atoms with Crippen LogP contribution in [0.2, 0.25) is 0 Å². The molecule has 1 rings (SSSR count). The molecule has 3 heteroatoms. The number of hydrogen-bond acceptors (Lipinski definition) is 2. The molecule has 0 heterocycles. The first-order chi connectivity index (χ1) is 6.59. The van der Waals surface area contributed by atoms with E-state index in [1.807, 2.05) is 12.1 Å². The van der Waals surface area contributed by atoms with Crippen LogP contribution < -0.4 is 5.73 Å².